The predicted octanol–water partition coefficient (Wildman–Crippen LogP) is 0.900. The topological polar surface area (TPSA) is 60.8 Å². The summed E-state index contributed by atoms with van der Waals surface area (Å²) in [6, 6.07) is 3.01. The Labute approximate surface area is 125 Å². The van der Waals surface area contributed by atoms with Crippen LogP contribution in [0.1, 0.15) is 24.2 Å². The van der Waals surface area contributed by atoms with Gasteiger partial charge in [0.2, 0.25) is 0 Å². The number of hydrogen-bond donors (Lipinski definition) is 0. The summed E-state index contributed by atoms with van der Waals surface area (Å²) in [5, 5.41) is 0. The summed E-state index contributed by atoms with van der Waals surface area (Å²) in [5.41, 5.74) is 0.196. The Morgan fingerprint density at radius 3 is 2.24 bits per heavy atom. The number of rotatable bonds is 9. The molecule has 0 aromatic carbocycles. The molecule has 0 aliphatic carbocycles. The molecule has 118 valence electrons. The lowest BCUT2D eigenvalue weighted by atomic mass is 10.2. The lowest BCUT2D eigenvalue weighted by Crippen LogP contribution is -2.37. The standard InChI is InChI=1S/C15H24N2O4/c1-4-20-10-8-17(9-11-21-5-2)15(19)13-6-7-16(3)14(18)12-13/h6-7,12H,4-5,8-11H2,1-3H3. The second-order valence-corrected chi connectivity index (χ2v) is 4.55. The monoisotopic (exact) mass is 296 g/mol. The first-order valence-electron chi connectivity index (χ1n) is 7.21. The molecule has 0 fully saturated rings. The molecule has 6 heteroatoms. The van der Waals surface area contributed by atoms with E-state index in [1.54, 1.807) is 24.2 Å². The van der Waals surface area contributed by atoms with E-state index in [1.807, 2.05) is 13.8 Å². The van der Waals surface area contributed by atoms with E-state index in [0.717, 1.165) is 0 Å². The minimum Gasteiger partial charge on any atom is -0.380 e. The van der Waals surface area contributed by atoms with Crippen LogP contribution in [0.15, 0.2) is 23.1 Å². The van der Waals surface area contributed by atoms with E-state index < -0.39 is 0 Å². The number of aryl methyl sites for hydroxylation is 1. The summed E-state index contributed by atoms with van der Waals surface area (Å²) in [6.07, 6.45) is 1.60. The lowest BCUT2D eigenvalue weighted by Gasteiger charge is -2.22. The van der Waals surface area contributed by atoms with Gasteiger partial charge in [-0.25, -0.2) is 0 Å². The quantitative estimate of drug-likeness (QED) is 0.635. The van der Waals surface area contributed by atoms with Crippen LogP contribution >= 0.6 is 0 Å². The number of carbonyl (C=O) groups is 1. The molecule has 1 amide bonds. The van der Waals surface area contributed by atoms with Gasteiger partial charge in [0.05, 0.1) is 13.2 Å². The third kappa shape index (κ3) is 5.69. The SMILES string of the molecule is CCOCCN(CCOCC)C(=O)c1ccn(C)c(=O)c1. The van der Waals surface area contributed by atoms with Crippen molar-refractivity contribution in [2.45, 2.75) is 13.8 Å². The van der Waals surface area contributed by atoms with Crippen LogP contribution in [-0.2, 0) is 16.5 Å². The molecule has 0 radical (unpaired) electrons. The van der Waals surface area contributed by atoms with E-state index >= 15 is 0 Å². The van der Waals surface area contributed by atoms with Gasteiger partial charge in [0.15, 0.2) is 0 Å². The maximum Gasteiger partial charge on any atom is 0.254 e. The van der Waals surface area contributed by atoms with Crippen molar-refractivity contribution in [3.8, 4) is 0 Å². The molecule has 0 aliphatic heterocycles. The van der Waals surface area contributed by atoms with Crippen molar-refractivity contribution >= 4 is 5.91 Å². The minimum atomic E-state index is -0.199. The van der Waals surface area contributed by atoms with Crippen molar-refractivity contribution < 1.29 is 14.3 Å². The first-order valence-corrected chi connectivity index (χ1v) is 7.21. The Morgan fingerprint density at radius 2 is 1.76 bits per heavy atom. The third-order valence-electron chi connectivity index (χ3n) is 3.06. The molecule has 1 aromatic rings. The summed E-state index contributed by atoms with van der Waals surface area (Å²) in [4.78, 5) is 25.7. The van der Waals surface area contributed by atoms with Crippen LogP contribution in [0.25, 0.3) is 0 Å². The highest BCUT2D eigenvalue weighted by Gasteiger charge is 2.16. The molecule has 0 saturated carbocycles. The van der Waals surface area contributed by atoms with Crippen molar-refractivity contribution in [3.63, 3.8) is 0 Å². The fourth-order valence-corrected chi connectivity index (χ4v) is 1.82. The molecule has 0 unspecified atom stereocenters. The second kappa shape index (κ2) is 9.31. The van der Waals surface area contributed by atoms with Gasteiger partial charge in [-0.1, -0.05) is 0 Å². The highest BCUT2D eigenvalue weighted by Crippen LogP contribution is 2.03. The largest absolute Gasteiger partial charge is 0.380 e. The fraction of sp³-hybridized carbons (Fsp3) is 0.600. The molecule has 0 saturated heterocycles. The maximum atomic E-state index is 12.5. The molecular formula is C15H24N2O4. The van der Waals surface area contributed by atoms with Gasteiger partial charge >= 0.3 is 0 Å². The summed E-state index contributed by atoms with van der Waals surface area (Å²) >= 11 is 0. The highest BCUT2D eigenvalue weighted by molar-refractivity contribution is 5.94. The van der Waals surface area contributed by atoms with Gasteiger partial charge in [-0.2, -0.15) is 0 Å². The Balaban J connectivity index is 2.76. The van der Waals surface area contributed by atoms with Crippen LogP contribution in [0.4, 0.5) is 0 Å². The fourth-order valence-electron chi connectivity index (χ4n) is 1.82. The Hall–Kier alpha value is -1.66. The zero-order valence-electron chi connectivity index (χ0n) is 13.0. The molecule has 0 spiro atoms. The number of carbonyl (C=O) groups excluding carboxylic acids is 1. The second-order valence-electron chi connectivity index (χ2n) is 4.55. The molecule has 6 nitrogen and oxygen atoms in total. The van der Waals surface area contributed by atoms with Crippen molar-refractivity contribution in [3.05, 3.63) is 34.2 Å². The van der Waals surface area contributed by atoms with Gasteiger partial charge in [0.1, 0.15) is 0 Å². The average Bonchev–Trinajstić information content (AvgIpc) is 2.48. The van der Waals surface area contributed by atoms with Gasteiger partial charge in [-0.15, -0.1) is 0 Å². The normalized spacial score (nSPS) is 10.6. The molecule has 0 atom stereocenters. The molecular weight excluding hydrogens is 272 g/mol. The third-order valence-corrected chi connectivity index (χ3v) is 3.06. The first-order chi connectivity index (χ1) is 10.1. The number of amides is 1. The molecule has 0 N–H and O–H groups in total. The van der Waals surface area contributed by atoms with Crippen LogP contribution in [0, 0.1) is 0 Å². The van der Waals surface area contributed by atoms with Crippen molar-refractivity contribution in [1.82, 2.24) is 9.47 Å². The summed E-state index contributed by atoms with van der Waals surface area (Å²) in [6.45, 7) is 6.95. The molecule has 0 aliphatic rings. The zero-order valence-corrected chi connectivity index (χ0v) is 13.0. The summed E-state index contributed by atoms with van der Waals surface area (Å²) in [5.74, 6) is -0.174. The number of aromatic nitrogens is 1. The molecule has 1 heterocycles. The number of pyridine rings is 1. The smallest absolute Gasteiger partial charge is 0.254 e. The Morgan fingerprint density at radius 1 is 1.19 bits per heavy atom. The molecule has 0 bridgehead atoms. The molecule has 1 aromatic heterocycles. The zero-order chi connectivity index (χ0) is 15.7. The van der Waals surface area contributed by atoms with Gasteiger partial charge in [-0.3, -0.25) is 9.59 Å². The van der Waals surface area contributed by atoms with E-state index in [0.29, 0.717) is 45.1 Å². The van der Waals surface area contributed by atoms with E-state index in [1.165, 1.54) is 10.6 Å². The van der Waals surface area contributed by atoms with Crippen molar-refractivity contribution in [2.24, 2.45) is 7.05 Å². The maximum absolute atomic E-state index is 12.5. The molecule has 21 heavy (non-hydrogen) atoms. The van der Waals surface area contributed by atoms with Crippen LogP contribution in [0.3, 0.4) is 0 Å². The Bertz CT molecular complexity index is 489. The van der Waals surface area contributed by atoms with Crippen molar-refractivity contribution in [1.29, 1.82) is 0 Å². The summed E-state index contributed by atoms with van der Waals surface area (Å²) in [7, 11) is 1.65. The molecule has 1 rings (SSSR count). The highest BCUT2D eigenvalue weighted by atomic mass is 16.5. The van der Waals surface area contributed by atoms with E-state index in [2.05, 4.69) is 0 Å². The Kier molecular flexibility index (Phi) is 7.71. The van der Waals surface area contributed by atoms with Crippen LogP contribution in [-0.4, -0.2) is 54.9 Å². The van der Waals surface area contributed by atoms with Crippen LogP contribution in [0.5, 0.6) is 0 Å². The number of ether oxygens (including phenoxy) is 2. The van der Waals surface area contributed by atoms with E-state index in [4.69, 9.17) is 9.47 Å². The van der Waals surface area contributed by atoms with Gasteiger partial charge in [0.25, 0.3) is 11.5 Å². The first kappa shape index (κ1) is 17.4. The minimum absolute atomic E-state index is 0.174. The van der Waals surface area contributed by atoms with Gasteiger partial charge in [0, 0.05) is 51.2 Å². The summed E-state index contributed by atoms with van der Waals surface area (Å²) < 4.78 is 12.0. The van der Waals surface area contributed by atoms with Gasteiger partial charge in [-0.05, 0) is 19.9 Å². The van der Waals surface area contributed by atoms with Crippen molar-refractivity contribution in [2.75, 3.05) is 39.5 Å². The lowest BCUT2D eigenvalue weighted by molar-refractivity contribution is 0.0550. The number of nitrogens with zero attached hydrogens (tertiary/aromatic N) is 2. The van der Waals surface area contributed by atoms with Crippen LogP contribution in [0.2, 0.25) is 0 Å². The number of hydrogen-bond acceptors (Lipinski definition) is 4. The van der Waals surface area contributed by atoms with Crippen LogP contribution < -0.4 is 5.56 Å². The average molecular weight is 296 g/mol. The van der Waals surface area contributed by atoms with E-state index in [-0.39, 0.29) is 11.5 Å². The van der Waals surface area contributed by atoms with Gasteiger partial charge < -0.3 is 18.9 Å². The van der Waals surface area contributed by atoms with E-state index in [9.17, 15) is 9.59 Å². The predicted molar refractivity (Wildman–Crippen MR) is 80.6 cm³/mol.